The SMILES string of the molecule is Fc1cc(OCc2ccccc2)cc(F)c1Cc1c[nH]c2ncccc12. The summed E-state index contributed by atoms with van der Waals surface area (Å²) in [7, 11) is 0. The molecule has 0 aliphatic rings. The Bertz CT molecular complexity index is 1020. The number of benzene rings is 2. The maximum Gasteiger partial charge on any atom is 0.137 e. The topological polar surface area (TPSA) is 37.9 Å². The summed E-state index contributed by atoms with van der Waals surface area (Å²) in [4.78, 5) is 7.21. The van der Waals surface area contributed by atoms with Gasteiger partial charge >= 0.3 is 0 Å². The molecule has 0 saturated carbocycles. The molecular weight excluding hydrogens is 334 g/mol. The number of pyridine rings is 1. The van der Waals surface area contributed by atoms with Crippen LogP contribution in [0.3, 0.4) is 0 Å². The van der Waals surface area contributed by atoms with Gasteiger partial charge in [-0.3, -0.25) is 0 Å². The first kappa shape index (κ1) is 16.3. The van der Waals surface area contributed by atoms with E-state index in [1.54, 1.807) is 18.5 Å². The van der Waals surface area contributed by atoms with Crippen molar-refractivity contribution in [2.24, 2.45) is 0 Å². The maximum absolute atomic E-state index is 14.5. The Kier molecular flexibility index (Phi) is 4.35. The first-order valence-corrected chi connectivity index (χ1v) is 8.26. The van der Waals surface area contributed by atoms with E-state index in [4.69, 9.17) is 4.74 Å². The second-order valence-corrected chi connectivity index (χ2v) is 6.03. The van der Waals surface area contributed by atoms with Gasteiger partial charge in [-0.2, -0.15) is 0 Å². The molecule has 0 radical (unpaired) electrons. The maximum atomic E-state index is 14.5. The molecule has 2 heterocycles. The van der Waals surface area contributed by atoms with Crippen LogP contribution in [0.25, 0.3) is 11.0 Å². The van der Waals surface area contributed by atoms with Gasteiger partial charge in [0, 0.05) is 41.9 Å². The van der Waals surface area contributed by atoms with Gasteiger partial charge in [-0.25, -0.2) is 13.8 Å². The van der Waals surface area contributed by atoms with E-state index in [0.29, 0.717) is 5.65 Å². The molecule has 0 amide bonds. The Balaban J connectivity index is 1.56. The van der Waals surface area contributed by atoms with Gasteiger partial charge in [-0.1, -0.05) is 30.3 Å². The van der Waals surface area contributed by atoms with Crippen molar-refractivity contribution in [3.8, 4) is 5.75 Å². The molecule has 3 nitrogen and oxygen atoms in total. The lowest BCUT2D eigenvalue weighted by molar-refractivity contribution is 0.302. The molecule has 2 aromatic heterocycles. The molecule has 130 valence electrons. The van der Waals surface area contributed by atoms with Crippen molar-refractivity contribution in [2.75, 3.05) is 0 Å². The number of nitrogens with zero attached hydrogens (tertiary/aromatic N) is 1. The van der Waals surface area contributed by atoms with Gasteiger partial charge in [-0.15, -0.1) is 0 Å². The van der Waals surface area contributed by atoms with E-state index in [2.05, 4.69) is 9.97 Å². The molecule has 26 heavy (non-hydrogen) atoms. The van der Waals surface area contributed by atoms with Crippen molar-refractivity contribution in [3.05, 3.63) is 95.3 Å². The van der Waals surface area contributed by atoms with Gasteiger partial charge < -0.3 is 9.72 Å². The average Bonchev–Trinajstić information content (AvgIpc) is 3.07. The standard InChI is InChI=1S/C21H16F2N2O/c22-19-10-16(26-13-14-5-2-1-3-6-14)11-20(23)18(19)9-15-12-25-21-17(15)7-4-8-24-21/h1-8,10-12H,9,13H2,(H,24,25). The number of fused-ring (bicyclic) bond motifs is 1. The summed E-state index contributed by atoms with van der Waals surface area (Å²) in [6.07, 6.45) is 3.54. The Hall–Kier alpha value is -3.21. The molecule has 5 heteroatoms. The van der Waals surface area contributed by atoms with Crippen LogP contribution in [0.15, 0.2) is 67.0 Å². The molecule has 0 atom stereocenters. The molecule has 0 unspecified atom stereocenters. The second kappa shape index (κ2) is 6.96. The quantitative estimate of drug-likeness (QED) is 0.549. The lowest BCUT2D eigenvalue weighted by Crippen LogP contribution is -2.01. The summed E-state index contributed by atoms with van der Waals surface area (Å²) < 4.78 is 34.5. The van der Waals surface area contributed by atoms with E-state index >= 15 is 0 Å². The minimum atomic E-state index is -0.619. The van der Waals surface area contributed by atoms with Crippen LogP contribution in [0.4, 0.5) is 8.78 Å². The fraction of sp³-hybridized carbons (Fsp3) is 0.0952. The lowest BCUT2D eigenvalue weighted by atomic mass is 10.0. The van der Waals surface area contributed by atoms with E-state index in [1.165, 1.54) is 12.1 Å². The highest BCUT2D eigenvalue weighted by Crippen LogP contribution is 2.26. The zero-order valence-corrected chi connectivity index (χ0v) is 13.9. The molecule has 0 saturated heterocycles. The van der Waals surface area contributed by atoms with Crippen LogP contribution in [0.2, 0.25) is 0 Å². The van der Waals surface area contributed by atoms with Crippen LogP contribution in [0.5, 0.6) is 5.75 Å². The predicted molar refractivity (Wildman–Crippen MR) is 96.0 cm³/mol. The van der Waals surface area contributed by atoms with E-state index in [-0.39, 0.29) is 24.3 Å². The number of halogens is 2. The second-order valence-electron chi connectivity index (χ2n) is 6.03. The van der Waals surface area contributed by atoms with Crippen LogP contribution in [-0.4, -0.2) is 9.97 Å². The van der Waals surface area contributed by atoms with Gasteiger partial charge in [0.25, 0.3) is 0 Å². The summed E-state index contributed by atoms with van der Waals surface area (Å²) in [5.74, 6) is -1.06. The van der Waals surface area contributed by atoms with Crippen molar-refractivity contribution in [2.45, 2.75) is 13.0 Å². The van der Waals surface area contributed by atoms with Crippen LogP contribution in [0.1, 0.15) is 16.7 Å². The molecule has 1 N–H and O–H groups in total. The van der Waals surface area contributed by atoms with Gasteiger partial charge in [0.05, 0.1) is 0 Å². The third kappa shape index (κ3) is 3.28. The average molecular weight is 350 g/mol. The van der Waals surface area contributed by atoms with Crippen molar-refractivity contribution in [1.82, 2.24) is 9.97 Å². The number of nitrogens with one attached hydrogen (secondary N) is 1. The molecular formula is C21H16F2N2O. The number of hydrogen-bond acceptors (Lipinski definition) is 2. The van der Waals surface area contributed by atoms with Gasteiger partial charge in [-0.05, 0) is 23.3 Å². The van der Waals surface area contributed by atoms with Gasteiger partial charge in [0.15, 0.2) is 0 Å². The Morgan fingerprint density at radius 1 is 0.962 bits per heavy atom. The molecule has 0 aliphatic heterocycles. The zero-order chi connectivity index (χ0) is 17.9. The van der Waals surface area contributed by atoms with Crippen LogP contribution in [0, 0.1) is 11.6 Å². The number of aromatic nitrogens is 2. The third-order valence-corrected chi connectivity index (χ3v) is 4.27. The number of rotatable bonds is 5. The normalized spacial score (nSPS) is 11.0. The van der Waals surface area contributed by atoms with E-state index in [1.807, 2.05) is 36.4 Å². The van der Waals surface area contributed by atoms with Crippen LogP contribution in [-0.2, 0) is 13.0 Å². The molecule has 4 rings (SSSR count). The van der Waals surface area contributed by atoms with Crippen molar-refractivity contribution in [1.29, 1.82) is 0 Å². The summed E-state index contributed by atoms with van der Waals surface area (Å²) in [6.45, 7) is 0.257. The van der Waals surface area contributed by atoms with E-state index < -0.39 is 11.6 Å². The van der Waals surface area contributed by atoms with Crippen LogP contribution >= 0.6 is 0 Å². The summed E-state index contributed by atoms with van der Waals surface area (Å²) in [5.41, 5.74) is 2.44. The highest BCUT2D eigenvalue weighted by molar-refractivity contribution is 5.79. The lowest BCUT2D eigenvalue weighted by Gasteiger charge is -2.10. The first-order valence-electron chi connectivity index (χ1n) is 8.26. The fourth-order valence-electron chi connectivity index (χ4n) is 2.92. The largest absolute Gasteiger partial charge is 0.489 e. The molecule has 0 bridgehead atoms. The molecule has 0 aliphatic carbocycles. The van der Waals surface area contributed by atoms with E-state index in [9.17, 15) is 8.78 Å². The molecule has 0 spiro atoms. The fourth-order valence-corrected chi connectivity index (χ4v) is 2.92. The number of H-pyrrole nitrogens is 1. The number of aromatic amines is 1. The summed E-state index contributed by atoms with van der Waals surface area (Å²) >= 11 is 0. The predicted octanol–water partition coefficient (Wildman–Crippen LogP) is 5.01. The van der Waals surface area contributed by atoms with Gasteiger partial charge in [0.1, 0.15) is 29.6 Å². The Morgan fingerprint density at radius 3 is 2.50 bits per heavy atom. The summed E-state index contributed by atoms with van der Waals surface area (Å²) in [5, 5.41) is 0.857. The van der Waals surface area contributed by atoms with E-state index in [0.717, 1.165) is 16.5 Å². The van der Waals surface area contributed by atoms with Gasteiger partial charge in [0.2, 0.25) is 0 Å². The minimum Gasteiger partial charge on any atom is -0.489 e. The number of ether oxygens (including phenoxy) is 1. The monoisotopic (exact) mass is 350 g/mol. The Labute approximate surface area is 149 Å². The molecule has 0 fully saturated rings. The van der Waals surface area contributed by atoms with Crippen molar-refractivity contribution in [3.63, 3.8) is 0 Å². The zero-order valence-electron chi connectivity index (χ0n) is 13.9. The molecule has 4 aromatic rings. The molecule has 2 aromatic carbocycles. The van der Waals surface area contributed by atoms with Crippen LogP contribution < -0.4 is 4.74 Å². The van der Waals surface area contributed by atoms with Crippen molar-refractivity contribution < 1.29 is 13.5 Å². The highest BCUT2D eigenvalue weighted by Gasteiger charge is 2.15. The minimum absolute atomic E-state index is 0.0156. The summed E-state index contributed by atoms with van der Waals surface area (Å²) in [6, 6.07) is 15.6. The highest BCUT2D eigenvalue weighted by atomic mass is 19.1. The van der Waals surface area contributed by atoms with Crippen molar-refractivity contribution >= 4 is 11.0 Å². The third-order valence-electron chi connectivity index (χ3n) is 4.27. The first-order chi connectivity index (χ1) is 12.7. The Morgan fingerprint density at radius 2 is 1.73 bits per heavy atom. The smallest absolute Gasteiger partial charge is 0.137 e. The number of hydrogen-bond donors (Lipinski definition) is 1.